The van der Waals surface area contributed by atoms with Gasteiger partial charge in [0.15, 0.2) is 0 Å². The highest BCUT2D eigenvalue weighted by Gasteiger charge is 2.34. The molecule has 10 nitrogen and oxygen atoms in total. The van der Waals surface area contributed by atoms with E-state index in [9.17, 15) is 14.4 Å². The Morgan fingerprint density at radius 1 is 0.894 bits per heavy atom. The number of aromatic amines is 1. The van der Waals surface area contributed by atoms with Crippen molar-refractivity contribution in [3.63, 3.8) is 0 Å². The number of aromatic nitrogens is 1. The molecule has 1 aromatic heterocycles. The smallest absolute Gasteiger partial charge is 0.300 e. The summed E-state index contributed by atoms with van der Waals surface area (Å²) in [6.07, 6.45) is 2.35. The number of pyridine rings is 1. The molecule has 1 atom stereocenters. The Labute approximate surface area is 273 Å². The molecule has 244 valence electrons. The fourth-order valence-electron chi connectivity index (χ4n) is 5.76. The molecule has 3 N–H and O–H groups in total. The average Bonchev–Trinajstić information content (AvgIpc) is 3.04. The van der Waals surface area contributed by atoms with Gasteiger partial charge in [-0.1, -0.05) is 30.3 Å². The Morgan fingerprint density at radius 3 is 2.40 bits per heavy atom. The number of hydrogen-bond donors (Lipinski definition) is 3. The first kappa shape index (κ1) is 33.0. The molecule has 0 spiro atoms. The third-order valence-electron chi connectivity index (χ3n) is 8.22. The first-order chi connectivity index (χ1) is 22.6. The van der Waals surface area contributed by atoms with E-state index in [1.165, 1.54) is 0 Å². The van der Waals surface area contributed by atoms with Crippen LogP contribution in [0.3, 0.4) is 0 Å². The van der Waals surface area contributed by atoms with Gasteiger partial charge in [0.1, 0.15) is 22.8 Å². The zero-order chi connectivity index (χ0) is 33.5. The zero-order valence-electron chi connectivity index (χ0n) is 26.8. The van der Waals surface area contributed by atoms with Crippen molar-refractivity contribution in [2.24, 2.45) is 0 Å². The van der Waals surface area contributed by atoms with Gasteiger partial charge in [-0.3, -0.25) is 19.2 Å². The van der Waals surface area contributed by atoms with Gasteiger partial charge in [0.25, 0.3) is 17.4 Å². The van der Waals surface area contributed by atoms with Gasteiger partial charge in [0, 0.05) is 32.1 Å². The van der Waals surface area contributed by atoms with Crippen LogP contribution in [0, 0.1) is 13.8 Å². The molecule has 6 heterocycles. The maximum atomic E-state index is 14.0. The van der Waals surface area contributed by atoms with Crippen molar-refractivity contribution in [2.75, 3.05) is 19.7 Å². The number of carbonyl (C=O) groups excluding carboxylic acids is 2. The highest BCUT2D eigenvalue weighted by Crippen LogP contribution is 2.39. The van der Waals surface area contributed by atoms with E-state index in [0.29, 0.717) is 62.6 Å². The molecule has 3 aromatic carbocycles. The van der Waals surface area contributed by atoms with Crippen molar-refractivity contribution in [2.45, 2.75) is 52.5 Å². The van der Waals surface area contributed by atoms with Crippen LogP contribution in [0.25, 0.3) is 0 Å². The molecule has 5 aliphatic rings. The van der Waals surface area contributed by atoms with E-state index in [1.54, 1.807) is 11.0 Å². The van der Waals surface area contributed by atoms with Gasteiger partial charge >= 0.3 is 0 Å². The Kier molecular flexibility index (Phi) is 10.4. The predicted octanol–water partition coefficient (Wildman–Crippen LogP) is 5.49. The quantitative estimate of drug-likeness (QED) is 0.251. The third kappa shape index (κ3) is 8.26. The molecule has 10 heteroatoms. The topological polar surface area (TPSA) is 138 Å². The van der Waals surface area contributed by atoms with Gasteiger partial charge in [-0.2, -0.15) is 0 Å². The molecule has 0 saturated heterocycles. The van der Waals surface area contributed by atoms with Crippen molar-refractivity contribution >= 4 is 17.8 Å². The molecule has 9 rings (SSSR count). The van der Waals surface area contributed by atoms with Crippen LogP contribution in [-0.2, 0) is 22.4 Å². The van der Waals surface area contributed by atoms with Crippen LogP contribution in [0.15, 0.2) is 77.6 Å². The van der Waals surface area contributed by atoms with Gasteiger partial charge in [0.05, 0.1) is 12.6 Å². The molecule has 8 bridgehead atoms. The number of ether oxygens (including phenoxy) is 2. The lowest BCUT2D eigenvalue weighted by Crippen LogP contribution is -2.42. The van der Waals surface area contributed by atoms with Crippen LogP contribution >= 0.6 is 0 Å². The van der Waals surface area contributed by atoms with Gasteiger partial charge in [-0.25, -0.2) is 0 Å². The number of hydrogen-bond acceptors (Lipinski definition) is 6. The maximum Gasteiger partial charge on any atom is 0.300 e. The molecule has 0 fully saturated rings. The molecule has 47 heavy (non-hydrogen) atoms. The summed E-state index contributed by atoms with van der Waals surface area (Å²) in [5.41, 5.74) is 5.36. The normalized spacial score (nSPS) is 16.0. The minimum Gasteiger partial charge on any atom is -0.494 e. The average molecular weight is 638 g/mol. The zero-order valence-corrected chi connectivity index (χ0v) is 26.8. The summed E-state index contributed by atoms with van der Waals surface area (Å²) in [4.78, 5) is 52.9. The largest absolute Gasteiger partial charge is 0.494 e. The summed E-state index contributed by atoms with van der Waals surface area (Å²) in [6.45, 7) is 6.19. The summed E-state index contributed by atoms with van der Waals surface area (Å²) in [5.74, 6) is 0.960. The van der Waals surface area contributed by atoms with Crippen LogP contribution in [0.4, 0.5) is 0 Å². The molecular weight excluding hydrogens is 598 g/mol. The van der Waals surface area contributed by atoms with E-state index < -0.39 is 12.0 Å². The molecular formula is C37H39N3O7. The highest BCUT2D eigenvalue weighted by molar-refractivity contribution is 5.95. The fourth-order valence-corrected chi connectivity index (χ4v) is 5.76. The van der Waals surface area contributed by atoms with Crippen LogP contribution in [0.1, 0.15) is 69.7 Å². The number of amides is 2. The predicted molar refractivity (Wildman–Crippen MR) is 177 cm³/mol. The first-order valence-electron chi connectivity index (χ1n) is 15.7. The molecule has 5 aliphatic heterocycles. The molecule has 0 saturated carbocycles. The van der Waals surface area contributed by atoms with Crippen LogP contribution in [0.5, 0.6) is 17.2 Å². The monoisotopic (exact) mass is 637 g/mol. The van der Waals surface area contributed by atoms with Gasteiger partial charge < -0.3 is 29.8 Å². The van der Waals surface area contributed by atoms with Gasteiger partial charge in [-0.05, 0) is 103 Å². The lowest BCUT2D eigenvalue weighted by molar-refractivity contribution is -0.134. The van der Waals surface area contributed by atoms with Crippen LogP contribution in [-0.4, -0.2) is 52.5 Å². The number of nitrogens with one attached hydrogen (secondary N) is 2. The van der Waals surface area contributed by atoms with Crippen molar-refractivity contribution in [3.05, 3.63) is 122 Å². The number of rotatable bonds is 1. The van der Waals surface area contributed by atoms with Crippen LogP contribution < -0.4 is 20.3 Å². The van der Waals surface area contributed by atoms with Crippen molar-refractivity contribution in [1.82, 2.24) is 15.2 Å². The molecule has 4 aromatic rings. The molecule has 1 unspecified atom stereocenters. The second kappa shape index (κ2) is 14.8. The Balaban J connectivity index is 0.00000103. The Bertz CT molecular complexity index is 1830. The first-order valence-corrected chi connectivity index (χ1v) is 15.7. The number of H-pyrrole nitrogens is 1. The van der Waals surface area contributed by atoms with E-state index >= 15 is 0 Å². The number of aryl methyl sites for hydroxylation is 3. The van der Waals surface area contributed by atoms with Crippen molar-refractivity contribution < 1.29 is 29.0 Å². The summed E-state index contributed by atoms with van der Waals surface area (Å²) in [7, 11) is 0. The maximum absolute atomic E-state index is 14.0. The minimum absolute atomic E-state index is 0.00851. The SMILES string of the molecule is CC(=O)O.Cc1cc(C(=O)N2CCc3cc4ccc3C2c2cccc(c2)OCCCNC(=O)CCc2ccc(cc2)O4)c(=O)[nH]c1C. The summed E-state index contributed by atoms with van der Waals surface area (Å²) in [6, 6.07) is 22.8. The number of benzene rings is 3. The molecule has 2 amide bonds. The Hall–Kier alpha value is -5.38. The second-order valence-electron chi connectivity index (χ2n) is 11.7. The third-order valence-corrected chi connectivity index (χ3v) is 8.22. The second-order valence-corrected chi connectivity index (χ2v) is 11.7. The van der Waals surface area contributed by atoms with E-state index in [1.807, 2.05) is 80.6 Å². The lowest BCUT2D eigenvalue weighted by atomic mass is 9.87. The minimum atomic E-state index is -0.833. The number of carboxylic acids is 1. The lowest BCUT2D eigenvalue weighted by Gasteiger charge is -2.38. The number of carboxylic acid groups (broad SMARTS) is 1. The molecule has 0 aliphatic carbocycles. The Morgan fingerprint density at radius 2 is 1.64 bits per heavy atom. The summed E-state index contributed by atoms with van der Waals surface area (Å²) in [5, 5.41) is 10.4. The number of carbonyl (C=O) groups is 3. The van der Waals surface area contributed by atoms with E-state index in [4.69, 9.17) is 19.4 Å². The standard InChI is InChI=1S/C35H35N3O5.C2H4O2/c1-22-19-31(34(40)37-23(22)2)35(41)38-17-15-25-20-29-12-13-30(25)33(38)26-5-3-6-28(21-26)42-18-4-16-36-32(39)14-9-24-7-10-27(43-29)11-8-24;1-2(3)4/h3,5-8,10-13,19-21,33H,4,9,14-18H2,1-2H3,(H,36,39)(H,37,40);1H3,(H,3,4). The highest BCUT2D eigenvalue weighted by atomic mass is 16.5. The van der Waals surface area contributed by atoms with Crippen molar-refractivity contribution in [3.8, 4) is 17.2 Å². The van der Waals surface area contributed by atoms with Gasteiger partial charge in [-0.15, -0.1) is 0 Å². The van der Waals surface area contributed by atoms with E-state index in [2.05, 4.69) is 10.3 Å². The van der Waals surface area contributed by atoms with Crippen LogP contribution in [0.2, 0.25) is 0 Å². The van der Waals surface area contributed by atoms with Crippen molar-refractivity contribution in [1.29, 1.82) is 0 Å². The number of aliphatic carboxylic acids is 1. The van der Waals surface area contributed by atoms with E-state index in [0.717, 1.165) is 40.4 Å². The summed E-state index contributed by atoms with van der Waals surface area (Å²) >= 11 is 0. The summed E-state index contributed by atoms with van der Waals surface area (Å²) < 4.78 is 12.3. The fraction of sp³-hybridized carbons (Fsp3) is 0.297. The van der Waals surface area contributed by atoms with Gasteiger partial charge in [0.2, 0.25) is 5.91 Å². The number of nitrogens with zero attached hydrogens (tertiary/aromatic N) is 1. The molecule has 0 radical (unpaired) electrons. The van der Waals surface area contributed by atoms with E-state index in [-0.39, 0.29) is 22.9 Å².